The van der Waals surface area contributed by atoms with Crippen molar-refractivity contribution in [2.45, 2.75) is 19.9 Å². The van der Waals surface area contributed by atoms with Gasteiger partial charge in [0, 0.05) is 12.1 Å². The van der Waals surface area contributed by atoms with Gasteiger partial charge < -0.3 is 14.8 Å². The van der Waals surface area contributed by atoms with Gasteiger partial charge in [-0.25, -0.2) is 4.68 Å². The minimum Gasteiger partial charge on any atom is -0.475 e. The number of non-ortho nitro benzene ring substituents is 1. The van der Waals surface area contributed by atoms with Gasteiger partial charge in [-0.05, 0) is 31.5 Å². The summed E-state index contributed by atoms with van der Waals surface area (Å²) in [6.07, 6.45) is 1.07. The molecule has 12 heteroatoms. The lowest BCUT2D eigenvalue weighted by molar-refractivity contribution is -0.385. The van der Waals surface area contributed by atoms with Crippen molar-refractivity contribution in [3.8, 4) is 17.4 Å². The van der Waals surface area contributed by atoms with Crippen LogP contribution in [0.2, 0.25) is 0 Å². The van der Waals surface area contributed by atoms with Gasteiger partial charge >= 0.3 is 11.6 Å². The first-order valence-corrected chi connectivity index (χ1v) is 9.30. The van der Waals surface area contributed by atoms with Crippen molar-refractivity contribution in [1.29, 1.82) is 0 Å². The topological polar surface area (TPSA) is 152 Å². The summed E-state index contributed by atoms with van der Waals surface area (Å²) in [7, 11) is 1.23. The van der Waals surface area contributed by atoms with Crippen LogP contribution in [0.3, 0.4) is 0 Å². The van der Waals surface area contributed by atoms with Crippen LogP contribution in [0, 0.1) is 27.2 Å². The second kappa shape index (κ2) is 9.12. The smallest absolute Gasteiger partial charge is 0.350 e. The maximum absolute atomic E-state index is 12.7. The highest BCUT2D eigenvalue weighted by Crippen LogP contribution is 2.31. The lowest BCUT2D eigenvalue weighted by Gasteiger charge is -2.13. The van der Waals surface area contributed by atoms with Gasteiger partial charge in [-0.1, -0.05) is 12.1 Å². The zero-order valence-electron chi connectivity index (χ0n) is 17.3. The predicted molar refractivity (Wildman–Crippen MR) is 113 cm³/mol. The zero-order valence-corrected chi connectivity index (χ0v) is 17.3. The highest BCUT2D eigenvalue weighted by Gasteiger charge is 2.25. The number of carbonyl (C=O) groups excluding carboxylic acids is 1. The molecule has 0 aliphatic heterocycles. The van der Waals surface area contributed by atoms with E-state index in [1.807, 2.05) is 13.0 Å². The number of hydrogen-bond donors (Lipinski definition) is 1. The number of nitrogens with one attached hydrogen (secondary N) is 1. The number of anilines is 1. The second-order valence-electron chi connectivity index (χ2n) is 6.82. The van der Waals surface area contributed by atoms with Crippen LogP contribution in [0.4, 0.5) is 17.1 Å². The van der Waals surface area contributed by atoms with Gasteiger partial charge in [0.15, 0.2) is 0 Å². The molecule has 166 valence electrons. The van der Waals surface area contributed by atoms with Crippen molar-refractivity contribution >= 4 is 23.0 Å². The molecular weight excluding hydrogens is 422 g/mol. The molecule has 0 saturated carbocycles. The van der Waals surface area contributed by atoms with E-state index in [2.05, 4.69) is 10.4 Å². The van der Waals surface area contributed by atoms with Gasteiger partial charge in [0.05, 0.1) is 28.7 Å². The fraction of sp³-hybridized carbons (Fsp3) is 0.200. The Morgan fingerprint density at radius 1 is 1.12 bits per heavy atom. The summed E-state index contributed by atoms with van der Waals surface area (Å²) in [5.74, 6) is -0.206. The van der Waals surface area contributed by atoms with Crippen molar-refractivity contribution in [3.63, 3.8) is 0 Å². The number of methoxy groups -OCH3 is 1. The first-order valence-electron chi connectivity index (χ1n) is 9.30. The van der Waals surface area contributed by atoms with E-state index in [0.29, 0.717) is 5.75 Å². The number of aromatic nitrogens is 2. The van der Waals surface area contributed by atoms with Gasteiger partial charge in [-0.15, -0.1) is 5.10 Å². The molecule has 0 saturated heterocycles. The molecule has 0 fully saturated rings. The molecule has 2 aromatic carbocycles. The third-order valence-corrected chi connectivity index (χ3v) is 4.44. The number of hydrogen-bond acceptors (Lipinski definition) is 8. The molecule has 1 heterocycles. The third-order valence-electron chi connectivity index (χ3n) is 4.44. The highest BCUT2D eigenvalue weighted by molar-refractivity contribution is 5.94. The monoisotopic (exact) mass is 441 g/mol. The van der Waals surface area contributed by atoms with Crippen LogP contribution >= 0.6 is 0 Å². The molecule has 0 aliphatic carbocycles. The van der Waals surface area contributed by atoms with Gasteiger partial charge in [0.2, 0.25) is 5.91 Å². The Kier molecular flexibility index (Phi) is 6.33. The number of benzene rings is 2. The molecule has 0 spiro atoms. The normalized spacial score (nSPS) is 11.5. The van der Waals surface area contributed by atoms with Crippen molar-refractivity contribution < 1.29 is 24.1 Å². The average Bonchev–Trinajstić information content (AvgIpc) is 3.17. The number of rotatable bonds is 8. The van der Waals surface area contributed by atoms with Crippen LogP contribution < -0.4 is 14.8 Å². The Hall–Kier alpha value is -4.48. The molecule has 1 N–H and O–H groups in total. The Labute approximate surface area is 181 Å². The number of nitro benzene ring substituents is 1. The summed E-state index contributed by atoms with van der Waals surface area (Å²) < 4.78 is 11.7. The van der Waals surface area contributed by atoms with E-state index in [4.69, 9.17) is 9.47 Å². The molecule has 1 aromatic heterocycles. The molecule has 32 heavy (non-hydrogen) atoms. The lowest BCUT2D eigenvalue weighted by atomic mass is 10.2. The summed E-state index contributed by atoms with van der Waals surface area (Å²) in [5.41, 5.74) is 0.386. The molecule has 0 radical (unpaired) electrons. The standard InChI is InChI=1S/C20H19N5O7/c1-12-5-4-6-16(7-12)32-17-9-14(8-15(10-17)24(27)28)21-19(26)13(2)23-11-18(25(29)30)20(22-23)31-3/h4-11,13H,1-3H3,(H,21,26). The Morgan fingerprint density at radius 3 is 2.47 bits per heavy atom. The summed E-state index contributed by atoms with van der Waals surface area (Å²) in [5, 5.41) is 28.9. The first kappa shape index (κ1) is 22.2. The van der Waals surface area contributed by atoms with Crippen LogP contribution in [0.1, 0.15) is 18.5 Å². The molecule has 1 atom stereocenters. The Morgan fingerprint density at radius 2 is 1.88 bits per heavy atom. The van der Waals surface area contributed by atoms with E-state index in [1.54, 1.807) is 18.2 Å². The average molecular weight is 441 g/mol. The molecule has 12 nitrogen and oxygen atoms in total. The Bertz CT molecular complexity index is 1190. The highest BCUT2D eigenvalue weighted by atomic mass is 16.6. The van der Waals surface area contributed by atoms with Crippen molar-refractivity contribution in [2.24, 2.45) is 0 Å². The van der Waals surface area contributed by atoms with E-state index >= 15 is 0 Å². The first-order chi connectivity index (χ1) is 15.2. The van der Waals surface area contributed by atoms with E-state index < -0.39 is 27.5 Å². The van der Waals surface area contributed by atoms with Gasteiger partial charge in [0.1, 0.15) is 23.7 Å². The molecule has 0 aliphatic rings. The SMILES string of the molecule is COc1nn(C(C)C(=O)Nc2cc(Oc3cccc(C)c3)cc([N+](=O)[O-])c2)cc1[N+](=O)[O-]. The fourth-order valence-electron chi connectivity index (χ4n) is 2.84. The van der Waals surface area contributed by atoms with Crippen molar-refractivity contribution in [1.82, 2.24) is 9.78 Å². The number of ether oxygens (including phenoxy) is 2. The summed E-state index contributed by atoms with van der Waals surface area (Å²) in [6.45, 7) is 3.34. The van der Waals surface area contributed by atoms with Crippen LogP contribution in [0.5, 0.6) is 17.4 Å². The van der Waals surface area contributed by atoms with Crippen molar-refractivity contribution in [3.05, 3.63) is 74.5 Å². The van der Waals surface area contributed by atoms with Crippen LogP contribution in [-0.2, 0) is 4.79 Å². The predicted octanol–water partition coefficient (Wildman–Crippen LogP) is 4.01. The van der Waals surface area contributed by atoms with Crippen LogP contribution in [0.25, 0.3) is 0 Å². The minimum atomic E-state index is -0.974. The second-order valence-corrected chi connectivity index (χ2v) is 6.82. The molecule has 3 aromatic rings. The number of amides is 1. The minimum absolute atomic E-state index is 0.118. The zero-order chi connectivity index (χ0) is 23.4. The third kappa shape index (κ3) is 4.98. The largest absolute Gasteiger partial charge is 0.475 e. The fourth-order valence-corrected chi connectivity index (χ4v) is 2.84. The van der Waals surface area contributed by atoms with Crippen molar-refractivity contribution in [2.75, 3.05) is 12.4 Å². The quantitative estimate of drug-likeness (QED) is 0.406. The maximum Gasteiger partial charge on any atom is 0.350 e. The van der Waals surface area contributed by atoms with Crippen LogP contribution in [-0.4, -0.2) is 32.6 Å². The summed E-state index contributed by atoms with van der Waals surface area (Å²) >= 11 is 0. The molecule has 3 rings (SSSR count). The van der Waals surface area contributed by atoms with E-state index in [1.165, 1.54) is 32.2 Å². The van der Waals surface area contributed by atoms with Gasteiger partial charge in [-0.2, -0.15) is 0 Å². The maximum atomic E-state index is 12.7. The van der Waals surface area contributed by atoms with E-state index in [9.17, 15) is 25.0 Å². The summed E-state index contributed by atoms with van der Waals surface area (Å²) in [4.78, 5) is 33.8. The van der Waals surface area contributed by atoms with Gasteiger partial charge in [-0.3, -0.25) is 25.0 Å². The molecule has 1 amide bonds. The number of nitro groups is 2. The van der Waals surface area contributed by atoms with E-state index in [-0.39, 0.29) is 23.0 Å². The molecular formula is C20H19N5O7. The number of aryl methyl sites for hydroxylation is 1. The van der Waals surface area contributed by atoms with Gasteiger partial charge in [0.25, 0.3) is 5.69 Å². The number of nitrogens with zero attached hydrogens (tertiary/aromatic N) is 4. The van der Waals surface area contributed by atoms with E-state index in [0.717, 1.165) is 16.4 Å². The molecule has 1 unspecified atom stereocenters. The van der Waals surface area contributed by atoms with Crippen LogP contribution in [0.15, 0.2) is 48.7 Å². The molecule has 0 bridgehead atoms. The Balaban J connectivity index is 1.85. The lowest BCUT2D eigenvalue weighted by Crippen LogP contribution is -2.24. The number of carbonyl (C=O) groups is 1. The summed E-state index contributed by atoms with van der Waals surface area (Å²) in [6, 6.07) is 10.0.